The van der Waals surface area contributed by atoms with Crippen LogP contribution in [0.3, 0.4) is 0 Å². The summed E-state index contributed by atoms with van der Waals surface area (Å²) in [5.41, 5.74) is 2.11. The average Bonchev–Trinajstić information content (AvgIpc) is 2.30. The Morgan fingerprint density at radius 3 is 2.67 bits per heavy atom. The second-order valence-corrected chi connectivity index (χ2v) is 4.40. The van der Waals surface area contributed by atoms with Crippen LogP contribution >= 0.6 is 15.9 Å². The summed E-state index contributed by atoms with van der Waals surface area (Å²) in [6, 6.07) is 5.96. The van der Waals surface area contributed by atoms with E-state index in [0.29, 0.717) is 0 Å². The normalized spacial score (nSPS) is 16.8. The average molecular weight is 272 g/mol. The van der Waals surface area contributed by atoms with Crippen molar-refractivity contribution in [1.82, 2.24) is 0 Å². The Balaban J connectivity index is 2.19. The number of halogens is 1. The summed E-state index contributed by atoms with van der Waals surface area (Å²) < 4.78 is 6.35. The molecule has 1 aliphatic heterocycles. The molecule has 0 aromatic heterocycles. The molecule has 0 unspecified atom stereocenters. The fourth-order valence-electron chi connectivity index (χ4n) is 1.71. The van der Waals surface area contributed by atoms with Crippen LogP contribution in [0, 0.1) is 0 Å². The van der Waals surface area contributed by atoms with Gasteiger partial charge in [0.2, 0.25) is 0 Å². The number of aliphatic hydroxyl groups is 1. The van der Waals surface area contributed by atoms with E-state index >= 15 is 0 Å². The minimum atomic E-state index is 0.0853. The van der Waals surface area contributed by atoms with Gasteiger partial charge in [-0.3, -0.25) is 0 Å². The van der Waals surface area contributed by atoms with Gasteiger partial charge in [-0.2, -0.15) is 0 Å². The molecule has 0 radical (unpaired) electrons. The number of ether oxygens (including phenoxy) is 1. The van der Waals surface area contributed by atoms with Gasteiger partial charge in [-0.1, -0.05) is 6.07 Å². The van der Waals surface area contributed by atoms with Crippen molar-refractivity contribution in [1.29, 1.82) is 0 Å². The van der Waals surface area contributed by atoms with Gasteiger partial charge < -0.3 is 14.7 Å². The number of morpholine rings is 1. The Bertz CT molecular complexity index is 337. The van der Waals surface area contributed by atoms with Crippen molar-refractivity contribution in [2.24, 2.45) is 0 Å². The van der Waals surface area contributed by atoms with Crippen molar-refractivity contribution < 1.29 is 9.84 Å². The highest BCUT2D eigenvalue weighted by molar-refractivity contribution is 9.10. The fourth-order valence-corrected chi connectivity index (χ4v) is 2.39. The van der Waals surface area contributed by atoms with Gasteiger partial charge in [0.1, 0.15) is 0 Å². The van der Waals surface area contributed by atoms with Crippen LogP contribution in [0.15, 0.2) is 22.7 Å². The topological polar surface area (TPSA) is 32.7 Å². The molecule has 4 heteroatoms. The third kappa shape index (κ3) is 2.51. The highest BCUT2D eigenvalue weighted by Gasteiger charge is 2.13. The van der Waals surface area contributed by atoms with E-state index in [4.69, 9.17) is 9.84 Å². The van der Waals surface area contributed by atoms with Crippen LogP contribution in [0.1, 0.15) is 5.56 Å². The quantitative estimate of drug-likeness (QED) is 0.890. The Morgan fingerprint density at radius 2 is 2.07 bits per heavy atom. The van der Waals surface area contributed by atoms with Gasteiger partial charge >= 0.3 is 0 Å². The zero-order valence-electron chi connectivity index (χ0n) is 8.45. The van der Waals surface area contributed by atoms with Gasteiger partial charge in [-0.05, 0) is 33.6 Å². The molecule has 1 heterocycles. The van der Waals surface area contributed by atoms with E-state index in [2.05, 4.69) is 20.8 Å². The number of hydrogen-bond acceptors (Lipinski definition) is 3. The molecule has 1 aliphatic rings. The van der Waals surface area contributed by atoms with E-state index in [0.717, 1.165) is 36.3 Å². The lowest BCUT2D eigenvalue weighted by Gasteiger charge is -2.29. The molecule has 15 heavy (non-hydrogen) atoms. The van der Waals surface area contributed by atoms with Crippen molar-refractivity contribution in [2.75, 3.05) is 31.2 Å². The standard InChI is InChI=1S/C11H14BrNO2/c12-10-7-9(8-14)1-2-11(10)13-3-5-15-6-4-13/h1-2,7,14H,3-6,8H2. The van der Waals surface area contributed by atoms with Crippen LogP contribution in [0.4, 0.5) is 5.69 Å². The van der Waals surface area contributed by atoms with Gasteiger partial charge in [-0.15, -0.1) is 0 Å². The Morgan fingerprint density at radius 1 is 1.33 bits per heavy atom. The molecule has 2 rings (SSSR count). The molecule has 1 aromatic rings. The molecule has 0 amide bonds. The summed E-state index contributed by atoms with van der Waals surface area (Å²) in [4.78, 5) is 2.29. The molecule has 82 valence electrons. The summed E-state index contributed by atoms with van der Waals surface area (Å²) >= 11 is 3.53. The maximum absolute atomic E-state index is 9.01. The zero-order chi connectivity index (χ0) is 10.7. The predicted octanol–water partition coefficient (Wildman–Crippen LogP) is 1.78. The van der Waals surface area contributed by atoms with Crippen LogP contribution in [-0.2, 0) is 11.3 Å². The molecule has 1 N–H and O–H groups in total. The van der Waals surface area contributed by atoms with Gasteiger partial charge in [0.25, 0.3) is 0 Å². The SMILES string of the molecule is OCc1ccc(N2CCOCC2)c(Br)c1. The van der Waals surface area contributed by atoms with Gasteiger partial charge in [0.05, 0.1) is 25.5 Å². The Kier molecular flexibility index (Phi) is 3.61. The van der Waals surface area contributed by atoms with Crippen LogP contribution in [0.25, 0.3) is 0 Å². The largest absolute Gasteiger partial charge is 0.392 e. The van der Waals surface area contributed by atoms with E-state index in [1.54, 1.807) is 0 Å². The molecule has 0 atom stereocenters. The van der Waals surface area contributed by atoms with E-state index in [9.17, 15) is 0 Å². The van der Waals surface area contributed by atoms with E-state index in [1.807, 2.05) is 18.2 Å². The summed E-state index contributed by atoms with van der Waals surface area (Å²) in [5, 5.41) is 9.01. The second-order valence-electron chi connectivity index (χ2n) is 3.54. The number of anilines is 1. The highest BCUT2D eigenvalue weighted by atomic mass is 79.9. The smallest absolute Gasteiger partial charge is 0.0682 e. The second kappa shape index (κ2) is 4.96. The minimum absolute atomic E-state index is 0.0853. The van der Waals surface area contributed by atoms with Crippen LogP contribution in [0.2, 0.25) is 0 Å². The molecular formula is C11H14BrNO2. The molecule has 1 aromatic carbocycles. The van der Waals surface area contributed by atoms with Gasteiger partial charge in [-0.25, -0.2) is 0 Å². The summed E-state index contributed by atoms with van der Waals surface area (Å²) in [6.07, 6.45) is 0. The monoisotopic (exact) mass is 271 g/mol. The van der Waals surface area contributed by atoms with Crippen molar-refractivity contribution in [3.8, 4) is 0 Å². The molecule has 0 aliphatic carbocycles. The van der Waals surface area contributed by atoms with Crippen LogP contribution in [-0.4, -0.2) is 31.4 Å². The van der Waals surface area contributed by atoms with Gasteiger partial charge in [0.15, 0.2) is 0 Å². The highest BCUT2D eigenvalue weighted by Crippen LogP contribution is 2.27. The van der Waals surface area contributed by atoms with Crippen molar-refractivity contribution >= 4 is 21.6 Å². The Hall–Kier alpha value is -0.580. The number of aliphatic hydroxyl groups excluding tert-OH is 1. The molecule has 1 saturated heterocycles. The lowest BCUT2D eigenvalue weighted by molar-refractivity contribution is 0.122. The van der Waals surface area contributed by atoms with E-state index in [-0.39, 0.29) is 6.61 Å². The summed E-state index contributed by atoms with van der Waals surface area (Å²) in [5.74, 6) is 0. The number of benzene rings is 1. The maximum Gasteiger partial charge on any atom is 0.0682 e. The molecule has 0 saturated carbocycles. The first-order valence-corrected chi connectivity index (χ1v) is 5.82. The molecule has 0 spiro atoms. The molecular weight excluding hydrogens is 258 g/mol. The van der Waals surface area contributed by atoms with Crippen LogP contribution < -0.4 is 4.90 Å². The summed E-state index contributed by atoms with van der Waals surface area (Å²) in [6.45, 7) is 3.51. The third-order valence-electron chi connectivity index (χ3n) is 2.55. The third-order valence-corrected chi connectivity index (χ3v) is 3.18. The Labute approximate surface area is 97.8 Å². The number of hydrogen-bond donors (Lipinski definition) is 1. The van der Waals surface area contributed by atoms with Crippen molar-refractivity contribution in [3.05, 3.63) is 28.2 Å². The van der Waals surface area contributed by atoms with Crippen molar-refractivity contribution in [2.45, 2.75) is 6.61 Å². The molecule has 0 bridgehead atoms. The van der Waals surface area contributed by atoms with E-state index < -0.39 is 0 Å². The first-order valence-electron chi connectivity index (χ1n) is 5.03. The number of rotatable bonds is 2. The first kappa shape index (κ1) is 10.9. The first-order chi connectivity index (χ1) is 7.31. The maximum atomic E-state index is 9.01. The molecule has 1 fully saturated rings. The zero-order valence-corrected chi connectivity index (χ0v) is 10.0. The van der Waals surface area contributed by atoms with Crippen LogP contribution in [0.5, 0.6) is 0 Å². The fraction of sp³-hybridized carbons (Fsp3) is 0.455. The summed E-state index contributed by atoms with van der Waals surface area (Å²) in [7, 11) is 0. The van der Waals surface area contributed by atoms with Gasteiger partial charge in [0, 0.05) is 17.6 Å². The van der Waals surface area contributed by atoms with Crippen molar-refractivity contribution in [3.63, 3.8) is 0 Å². The number of nitrogens with zero attached hydrogens (tertiary/aromatic N) is 1. The lowest BCUT2D eigenvalue weighted by Crippen LogP contribution is -2.36. The predicted molar refractivity (Wildman–Crippen MR) is 63.1 cm³/mol. The minimum Gasteiger partial charge on any atom is -0.392 e. The lowest BCUT2D eigenvalue weighted by atomic mass is 10.2. The molecule has 3 nitrogen and oxygen atoms in total. The van der Waals surface area contributed by atoms with E-state index in [1.165, 1.54) is 5.69 Å².